The maximum Gasteiger partial charge on any atom is 0.319 e. The average molecular weight is 616 g/mol. The van der Waals surface area contributed by atoms with Crippen LogP contribution in [0, 0.1) is 5.92 Å². The summed E-state index contributed by atoms with van der Waals surface area (Å²) in [6.07, 6.45) is 38.6. The Balaban J connectivity index is 4.00. The van der Waals surface area contributed by atoms with Gasteiger partial charge in [0, 0.05) is 0 Å². The lowest BCUT2D eigenvalue weighted by atomic mass is 9.94. The lowest BCUT2D eigenvalue weighted by Gasteiger charge is -2.18. The minimum atomic E-state index is -0.126. The van der Waals surface area contributed by atoms with Crippen molar-refractivity contribution < 1.29 is 9.53 Å². The van der Waals surface area contributed by atoms with E-state index < -0.39 is 0 Å². The lowest BCUT2D eigenvalue weighted by Crippen LogP contribution is -2.21. The highest BCUT2D eigenvalue weighted by atomic mass is 79.9. The number of hydrogen-bond donors (Lipinski definition) is 0. The minimum Gasteiger partial charge on any atom is -0.465 e. The molecule has 0 aliphatic carbocycles. The van der Waals surface area contributed by atoms with Gasteiger partial charge in [0.25, 0.3) is 0 Å². The molecule has 0 bridgehead atoms. The SMILES string of the molecule is CCCCCCCCCCCCCCC(Br)C(=O)OCC(CCCCCCCC)CCCCCCCCCC. The zero-order valence-corrected chi connectivity index (χ0v) is 28.6. The van der Waals surface area contributed by atoms with Gasteiger partial charge in [-0.25, -0.2) is 0 Å². The summed E-state index contributed by atoms with van der Waals surface area (Å²) in [5.74, 6) is 0.522. The summed E-state index contributed by atoms with van der Waals surface area (Å²) in [4.78, 5) is 12.5. The normalized spacial score (nSPS) is 13.0. The fraction of sp³-hybridized carbons (Fsp3) is 0.972. The van der Waals surface area contributed by atoms with Gasteiger partial charge in [0.05, 0.1) is 6.61 Å². The highest BCUT2D eigenvalue weighted by Gasteiger charge is 2.18. The largest absolute Gasteiger partial charge is 0.465 e. The third-order valence-electron chi connectivity index (χ3n) is 8.46. The Hall–Kier alpha value is -0.0500. The molecule has 0 N–H and O–H groups in total. The van der Waals surface area contributed by atoms with E-state index in [1.807, 2.05) is 0 Å². The molecule has 0 fully saturated rings. The number of alkyl halides is 1. The standard InChI is InChI=1S/C36H71BrO2/c1-4-7-10-13-16-18-19-20-21-23-26-29-32-35(37)36(38)39-33-34(30-27-24-15-12-9-6-3)31-28-25-22-17-14-11-8-5-2/h34-35H,4-33H2,1-3H3. The van der Waals surface area contributed by atoms with Crippen molar-refractivity contribution >= 4 is 21.9 Å². The van der Waals surface area contributed by atoms with Gasteiger partial charge < -0.3 is 4.74 Å². The summed E-state index contributed by atoms with van der Waals surface area (Å²) >= 11 is 3.63. The highest BCUT2D eigenvalue weighted by molar-refractivity contribution is 9.10. The van der Waals surface area contributed by atoms with Crippen LogP contribution in [0.5, 0.6) is 0 Å². The van der Waals surface area contributed by atoms with E-state index in [4.69, 9.17) is 4.74 Å². The number of unbranched alkanes of at least 4 members (excludes halogenated alkanes) is 23. The van der Waals surface area contributed by atoms with E-state index in [1.165, 1.54) is 173 Å². The third-order valence-corrected chi connectivity index (χ3v) is 9.29. The van der Waals surface area contributed by atoms with E-state index in [9.17, 15) is 4.79 Å². The van der Waals surface area contributed by atoms with Gasteiger partial charge in [-0.05, 0) is 25.2 Å². The molecule has 39 heavy (non-hydrogen) atoms. The Labute approximate surface area is 255 Å². The van der Waals surface area contributed by atoms with E-state index >= 15 is 0 Å². The third kappa shape index (κ3) is 29.2. The molecule has 234 valence electrons. The Bertz CT molecular complexity index is 481. The van der Waals surface area contributed by atoms with Gasteiger partial charge in [-0.1, -0.05) is 204 Å². The molecule has 2 atom stereocenters. The first-order valence-electron chi connectivity index (χ1n) is 18.0. The zero-order valence-electron chi connectivity index (χ0n) is 27.1. The monoisotopic (exact) mass is 614 g/mol. The first-order valence-corrected chi connectivity index (χ1v) is 18.9. The van der Waals surface area contributed by atoms with Gasteiger partial charge in [-0.15, -0.1) is 0 Å². The predicted octanol–water partition coefficient (Wildman–Crippen LogP) is 13.3. The average Bonchev–Trinajstić information content (AvgIpc) is 2.94. The Morgan fingerprint density at radius 2 is 0.744 bits per heavy atom. The number of carbonyl (C=O) groups is 1. The van der Waals surface area contributed by atoms with Crippen molar-refractivity contribution in [3.05, 3.63) is 0 Å². The molecule has 0 aromatic heterocycles. The molecule has 0 aliphatic heterocycles. The van der Waals surface area contributed by atoms with E-state index in [0.29, 0.717) is 12.5 Å². The van der Waals surface area contributed by atoms with Crippen LogP contribution in [0.3, 0.4) is 0 Å². The van der Waals surface area contributed by atoms with Gasteiger partial charge in [-0.2, -0.15) is 0 Å². The molecule has 0 amide bonds. The van der Waals surface area contributed by atoms with Gasteiger partial charge in [0.2, 0.25) is 0 Å². The minimum absolute atomic E-state index is 0.0260. The zero-order chi connectivity index (χ0) is 28.7. The molecule has 0 aliphatic rings. The van der Waals surface area contributed by atoms with E-state index in [2.05, 4.69) is 36.7 Å². The fourth-order valence-electron chi connectivity index (χ4n) is 5.66. The van der Waals surface area contributed by atoms with Crippen molar-refractivity contribution in [3.63, 3.8) is 0 Å². The molecule has 3 heteroatoms. The van der Waals surface area contributed by atoms with Crippen LogP contribution in [0.4, 0.5) is 0 Å². The first kappa shape index (κ1) is 39.0. The van der Waals surface area contributed by atoms with Gasteiger partial charge in [0.15, 0.2) is 0 Å². The molecular weight excluding hydrogens is 544 g/mol. The molecule has 0 saturated heterocycles. The molecule has 0 aromatic rings. The van der Waals surface area contributed by atoms with Crippen LogP contribution in [-0.4, -0.2) is 17.4 Å². The second-order valence-electron chi connectivity index (χ2n) is 12.5. The summed E-state index contributed by atoms with van der Waals surface area (Å²) in [6.45, 7) is 7.48. The number of carbonyl (C=O) groups excluding carboxylic acids is 1. The molecule has 2 nitrogen and oxygen atoms in total. The topological polar surface area (TPSA) is 26.3 Å². The number of rotatable bonds is 32. The molecule has 0 rings (SSSR count). The Morgan fingerprint density at radius 3 is 1.08 bits per heavy atom. The van der Waals surface area contributed by atoms with Crippen molar-refractivity contribution in [2.75, 3.05) is 6.61 Å². The highest BCUT2D eigenvalue weighted by Crippen LogP contribution is 2.22. The molecule has 0 radical (unpaired) electrons. The summed E-state index contributed by atoms with van der Waals surface area (Å²) in [6, 6.07) is 0. The van der Waals surface area contributed by atoms with Gasteiger partial charge >= 0.3 is 5.97 Å². The van der Waals surface area contributed by atoms with Crippen LogP contribution in [0.1, 0.15) is 207 Å². The number of esters is 1. The van der Waals surface area contributed by atoms with Crippen LogP contribution >= 0.6 is 15.9 Å². The van der Waals surface area contributed by atoms with Crippen molar-refractivity contribution in [1.29, 1.82) is 0 Å². The number of halogens is 1. The second-order valence-corrected chi connectivity index (χ2v) is 13.6. The fourth-order valence-corrected chi connectivity index (χ4v) is 6.12. The summed E-state index contributed by atoms with van der Waals surface area (Å²) < 4.78 is 5.86. The van der Waals surface area contributed by atoms with E-state index in [1.54, 1.807) is 0 Å². The molecule has 0 spiro atoms. The molecule has 0 aromatic carbocycles. The van der Waals surface area contributed by atoms with Crippen molar-refractivity contribution in [3.8, 4) is 0 Å². The first-order chi connectivity index (χ1) is 19.2. The van der Waals surface area contributed by atoms with Crippen molar-refractivity contribution in [1.82, 2.24) is 0 Å². The van der Waals surface area contributed by atoms with Crippen molar-refractivity contribution in [2.45, 2.75) is 212 Å². The lowest BCUT2D eigenvalue weighted by molar-refractivity contribution is -0.144. The quantitative estimate of drug-likeness (QED) is 0.0427. The number of ether oxygens (including phenoxy) is 1. The van der Waals surface area contributed by atoms with Crippen LogP contribution < -0.4 is 0 Å². The van der Waals surface area contributed by atoms with Crippen LogP contribution in [-0.2, 0) is 9.53 Å². The van der Waals surface area contributed by atoms with E-state index in [-0.39, 0.29) is 10.8 Å². The summed E-state index contributed by atoms with van der Waals surface area (Å²) in [7, 11) is 0. The summed E-state index contributed by atoms with van der Waals surface area (Å²) in [5, 5.41) is 0. The second kappa shape index (κ2) is 32.5. The van der Waals surface area contributed by atoms with Crippen LogP contribution in [0.2, 0.25) is 0 Å². The predicted molar refractivity (Wildman–Crippen MR) is 178 cm³/mol. The van der Waals surface area contributed by atoms with E-state index in [0.717, 1.165) is 12.8 Å². The molecule has 0 heterocycles. The molecule has 0 saturated carbocycles. The molecular formula is C36H71BrO2. The smallest absolute Gasteiger partial charge is 0.319 e. The van der Waals surface area contributed by atoms with Gasteiger partial charge in [-0.3, -0.25) is 4.79 Å². The summed E-state index contributed by atoms with van der Waals surface area (Å²) in [5.41, 5.74) is 0. The Morgan fingerprint density at radius 1 is 0.462 bits per heavy atom. The maximum atomic E-state index is 12.7. The van der Waals surface area contributed by atoms with Crippen LogP contribution in [0.15, 0.2) is 0 Å². The van der Waals surface area contributed by atoms with Crippen molar-refractivity contribution in [2.24, 2.45) is 5.92 Å². The molecule has 2 unspecified atom stereocenters. The van der Waals surface area contributed by atoms with Crippen LogP contribution in [0.25, 0.3) is 0 Å². The van der Waals surface area contributed by atoms with Gasteiger partial charge in [0.1, 0.15) is 4.83 Å². The Kier molecular flexibility index (Phi) is 32.4. The maximum absolute atomic E-state index is 12.7. The number of hydrogen-bond acceptors (Lipinski definition) is 2.